The third-order valence-corrected chi connectivity index (χ3v) is 6.37. The van der Waals surface area contributed by atoms with Crippen LogP contribution in [0.4, 0.5) is 5.69 Å². The van der Waals surface area contributed by atoms with E-state index in [9.17, 15) is 39.5 Å². The number of ether oxygens (including phenoxy) is 4. The molecule has 4 rings (SSSR count). The number of carbonyl (C=O) groups excluding carboxylic acids is 2. The predicted octanol–water partition coefficient (Wildman–Crippen LogP) is 5.91. The molecule has 0 fully saturated rings. The van der Waals surface area contributed by atoms with E-state index >= 15 is 0 Å². The van der Waals surface area contributed by atoms with Crippen LogP contribution in [0.2, 0.25) is 0 Å². The minimum absolute atomic E-state index is 0.0671. The molecule has 4 aromatic rings. The number of nitro benzene ring substituents is 1. The molecule has 0 atom stereocenters. The van der Waals surface area contributed by atoms with Gasteiger partial charge in [-0.05, 0) is 66.7 Å². The Labute approximate surface area is 261 Å². The van der Waals surface area contributed by atoms with E-state index in [1.807, 2.05) is 13.8 Å². The van der Waals surface area contributed by atoms with Crippen molar-refractivity contribution in [2.45, 2.75) is 13.8 Å². The fourth-order valence-electron chi connectivity index (χ4n) is 3.98. The van der Waals surface area contributed by atoms with Gasteiger partial charge in [-0.15, -0.1) is 0 Å². The lowest BCUT2D eigenvalue weighted by Gasteiger charge is -2.25. The average Bonchev–Trinajstić information content (AvgIpc) is 3.03. The molecular weight excluding hydrogens is 602 g/mol. The number of rotatable bonds is 13. The molecule has 46 heavy (non-hydrogen) atoms. The minimum atomic E-state index is -1.43. The first-order valence-corrected chi connectivity index (χ1v) is 13.6. The van der Waals surface area contributed by atoms with E-state index in [1.165, 1.54) is 42.5 Å². The molecule has 0 saturated heterocycles. The summed E-state index contributed by atoms with van der Waals surface area (Å²) in [6, 6.07) is 20.8. The molecule has 0 radical (unpaired) electrons. The highest BCUT2D eigenvalue weighted by molar-refractivity contribution is 6.04. The highest BCUT2D eigenvalue weighted by Gasteiger charge is 2.23. The Morgan fingerprint density at radius 2 is 1.04 bits per heavy atom. The van der Waals surface area contributed by atoms with Crippen molar-refractivity contribution in [2.24, 2.45) is 5.41 Å². The second kappa shape index (κ2) is 14.0. The number of esters is 2. The Balaban J connectivity index is 1.28. The number of carboxylic acid groups (broad SMARTS) is 2. The van der Waals surface area contributed by atoms with Crippen molar-refractivity contribution >= 4 is 29.6 Å². The topological polar surface area (TPSA) is 189 Å². The van der Waals surface area contributed by atoms with E-state index in [1.54, 1.807) is 30.3 Å². The number of hydrogen-bond donors (Lipinski definition) is 2. The summed E-state index contributed by atoms with van der Waals surface area (Å²) in [5, 5.41) is 29.7. The van der Waals surface area contributed by atoms with Gasteiger partial charge in [-0.25, -0.2) is 19.2 Å². The van der Waals surface area contributed by atoms with Crippen LogP contribution in [-0.2, 0) is 0 Å². The Morgan fingerprint density at radius 1 is 0.630 bits per heavy atom. The Hall–Kier alpha value is -6.24. The smallest absolute Gasteiger partial charge is 0.344 e. The van der Waals surface area contributed by atoms with Crippen LogP contribution in [0.1, 0.15) is 55.3 Å². The zero-order valence-corrected chi connectivity index (χ0v) is 24.5. The molecule has 0 aliphatic carbocycles. The number of non-ortho nitro benzene ring substituents is 1. The second-order valence-corrected chi connectivity index (χ2v) is 10.6. The highest BCUT2D eigenvalue weighted by atomic mass is 16.6. The molecule has 0 spiro atoms. The van der Waals surface area contributed by atoms with Gasteiger partial charge in [0.25, 0.3) is 5.69 Å². The molecule has 236 valence electrons. The van der Waals surface area contributed by atoms with E-state index in [2.05, 4.69) is 0 Å². The van der Waals surface area contributed by atoms with Gasteiger partial charge in [-0.2, -0.15) is 0 Å². The van der Waals surface area contributed by atoms with Crippen LogP contribution >= 0.6 is 0 Å². The van der Waals surface area contributed by atoms with Gasteiger partial charge in [0.1, 0.15) is 23.0 Å². The Bertz CT molecular complexity index is 1780. The van der Waals surface area contributed by atoms with Crippen LogP contribution < -0.4 is 18.9 Å². The minimum Gasteiger partial charge on any atom is -0.493 e. The number of carboxylic acids is 2. The molecule has 0 aliphatic heterocycles. The zero-order chi connectivity index (χ0) is 33.4. The van der Waals surface area contributed by atoms with Crippen LogP contribution in [0.25, 0.3) is 0 Å². The highest BCUT2D eigenvalue weighted by Crippen LogP contribution is 2.26. The van der Waals surface area contributed by atoms with Crippen molar-refractivity contribution in [3.05, 3.63) is 123 Å². The first-order chi connectivity index (χ1) is 21.8. The number of nitrogens with zero attached hydrogens (tertiary/aromatic N) is 1. The maximum Gasteiger partial charge on any atom is 0.344 e. The molecule has 13 heteroatoms. The number of carbonyl (C=O) groups is 4. The van der Waals surface area contributed by atoms with Gasteiger partial charge in [0.2, 0.25) is 0 Å². The van der Waals surface area contributed by atoms with E-state index in [0.29, 0.717) is 11.5 Å². The van der Waals surface area contributed by atoms with Crippen molar-refractivity contribution in [2.75, 3.05) is 13.2 Å². The summed E-state index contributed by atoms with van der Waals surface area (Å²) in [4.78, 5) is 58.2. The van der Waals surface area contributed by atoms with Crippen molar-refractivity contribution in [1.82, 2.24) is 0 Å². The van der Waals surface area contributed by atoms with Crippen LogP contribution in [0.15, 0.2) is 91.0 Å². The van der Waals surface area contributed by atoms with E-state index in [-0.39, 0.29) is 35.8 Å². The van der Waals surface area contributed by atoms with Gasteiger partial charge >= 0.3 is 23.9 Å². The van der Waals surface area contributed by atoms with Gasteiger partial charge in [0.15, 0.2) is 0 Å². The SMILES string of the molecule is CC(C)(COc1ccc(OC(=O)c2ccccc2C(=O)O)cc1)COc1ccc(OC(=O)c2cc([N+](=O)[O-])ccc2C(=O)O)cc1. The third kappa shape index (κ3) is 8.44. The van der Waals surface area contributed by atoms with Crippen molar-refractivity contribution in [3.8, 4) is 23.0 Å². The Morgan fingerprint density at radius 3 is 1.50 bits per heavy atom. The summed E-state index contributed by atoms with van der Waals surface area (Å²) in [7, 11) is 0. The zero-order valence-electron chi connectivity index (χ0n) is 24.5. The maximum atomic E-state index is 12.6. The number of nitro groups is 1. The van der Waals surface area contributed by atoms with Gasteiger partial charge < -0.3 is 29.2 Å². The molecule has 0 saturated carbocycles. The van der Waals surface area contributed by atoms with E-state index < -0.39 is 51.0 Å². The molecule has 13 nitrogen and oxygen atoms in total. The molecule has 0 bridgehead atoms. The summed E-state index contributed by atoms with van der Waals surface area (Å²) < 4.78 is 22.3. The van der Waals surface area contributed by atoms with Crippen LogP contribution in [0.5, 0.6) is 23.0 Å². The van der Waals surface area contributed by atoms with Gasteiger partial charge in [-0.1, -0.05) is 26.0 Å². The summed E-state index contributed by atoms with van der Waals surface area (Å²) in [6.07, 6.45) is 0. The summed E-state index contributed by atoms with van der Waals surface area (Å²) in [6.45, 7) is 4.32. The first kappa shape index (κ1) is 32.7. The van der Waals surface area contributed by atoms with Crippen LogP contribution in [-0.4, -0.2) is 52.2 Å². The second-order valence-electron chi connectivity index (χ2n) is 10.6. The number of benzene rings is 4. The van der Waals surface area contributed by atoms with Gasteiger partial charge in [0, 0.05) is 17.5 Å². The Kier molecular flexibility index (Phi) is 9.96. The van der Waals surface area contributed by atoms with E-state index in [0.717, 1.165) is 18.2 Å². The largest absolute Gasteiger partial charge is 0.493 e. The molecule has 0 heterocycles. The van der Waals surface area contributed by atoms with Gasteiger partial charge in [-0.3, -0.25) is 10.1 Å². The monoisotopic (exact) mass is 629 g/mol. The molecule has 0 aromatic heterocycles. The van der Waals surface area contributed by atoms with Gasteiger partial charge in [0.05, 0.1) is 40.4 Å². The molecular formula is C33H27NO12. The van der Waals surface area contributed by atoms with Crippen LogP contribution in [0, 0.1) is 15.5 Å². The molecule has 0 amide bonds. The third-order valence-electron chi connectivity index (χ3n) is 6.37. The quantitative estimate of drug-likeness (QED) is 0.0770. The van der Waals surface area contributed by atoms with Crippen LogP contribution in [0.3, 0.4) is 0 Å². The van der Waals surface area contributed by atoms with Crippen molar-refractivity contribution < 1.29 is 53.3 Å². The fourth-order valence-corrected chi connectivity index (χ4v) is 3.98. The van der Waals surface area contributed by atoms with Crippen molar-refractivity contribution in [3.63, 3.8) is 0 Å². The lowest BCUT2D eigenvalue weighted by atomic mass is 9.96. The lowest BCUT2D eigenvalue weighted by molar-refractivity contribution is -0.384. The number of hydrogen-bond acceptors (Lipinski definition) is 10. The maximum absolute atomic E-state index is 12.6. The summed E-state index contributed by atoms with van der Waals surface area (Å²) in [5.74, 6) is -3.31. The normalized spacial score (nSPS) is 10.8. The molecule has 0 aliphatic rings. The summed E-state index contributed by atoms with van der Waals surface area (Å²) >= 11 is 0. The number of aromatic carboxylic acids is 2. The average molecular weight is 630 g/mol. The lowest BCUT2D eigenvalue weighted by Crippen LogP contribution is -2.28. The standard InChI is InChI=1S/C33H27NO12/c1-33(2,18-43-21-8-12-23(13-9-21)45-31(39)27-6-4-3-5-25(27)29(35)36)19-44-22-10-14-24(15-11-22)46-32(40)28-17-20(34(41)42)7-16-26(28)30(37)38/h3-17H,18-19H2,1-2H3,(H,35,36)(H,37,38). The molecule has 0 unspecified atom stereocenters. The first-order valence-electron chi connectivity index (χ1n) is 13.6. The van der Waals surface area contributed by atoms with Crippen molar-refractivity contribution in [1.29, 1.82) is 0 Å². The van der Waals surface area contributed by atoms with E-state index in [4.69, 9.17) is 18.9 Å². The molecule has 4 aromatic carbocycles. The fraction of sp³-hybridized carbons (Fsp3) is 0.152. The molecule has 2 N–H and O–H groups in total. The summed E-state index contributed by atoms with van der Waals surface area (Å²) in [5.41, 5.74) is -2.04. The predicted molar refractivity (Wildman–Crippen MR) is 161 cm³/mol.